The first-order valence-electron chi connectivity index (χ1n) is 12.4. The molecule has 0 bridgehead atoms. The van der Waals surface area contributed by atoms with Crippen molar-refractivity contribution >= 4 is 23.2 Å². The van der Waals surface area contributed by atoms with Gasteiger partial charge in [-0.1, -0.05) is 55.0 Å². The number of para-hydroxylation sites is 1. The monoisotopic (exact) mass is 498 g/mol. The summed E-state index contributed by atoms with van der Waals surface area (Å²) in [5, 5.41) is 15.0. The summed E-state index contributed by atoms with van der Waals surface area (Å²) in [6.45, 7) is 5.93. The quantitative estimate of drug-likeness (QED) is 0.352. The number of carbonyl (C=O) groups is 2. The molecule has 4 rings (SSSR count). The molecule has 1 aliphatic rings. The van der Waals surface area contributed by atoms with Crippen LogP contribution in [0.1, 0.15) is 47.7 Å². The largest absolute Gasteiger partial charge is 0.341 e. The van der Waals surface area contributed by atoms with E-state index in [1.807, 2.05) is 50.2 Å². The van der Waals surface area contributed by atoms with Crippen LogP contribution in [0.3, 0.4) is 0 Å². The highest BCUT2D eigenvalue weighted by molar-refractivity contribution is 6.05. The van der Waals surface area contributed by atoms with Crippen molar-refractivity contribution in [3.63, 3.8) is 0 Å². The van der Waals surface area contributed by atoms with Crippen LogP contribution in [0.15, 0.2) is 90.3 Å². The number of nitrogens with zero attached hydrogens (tertiary/aromatic N) is 1. The molecule has 3 aromatic carbocycles. The second kappa shape index (κ2) is 11.2. The predicted octanol–water partition coefficient (Wildman–Crippen LogP) is 5.63. The van der Waals surface area contributed by atoms with Crippen molar-refractivity contribution < 1.29 is 14.0 Å². The third-order valence-corrected chi connectivity index (χ3v) is 6.39. The number of nitrogens with one attached hydrogen (secondary N) is 3. The van der Waals surface area contributed by atoms with E-state index in [9.17, 15) is 14.0 Å². The van der Waals surface area contributed by atoms with E-state index in [4.69, 9.17) is 5.41 Å². The normalized spacial score (nSPS) is 17.5. The molecule has 6 nitrogen and oxygen atoms in total. The molecule has 0 radical (unpaired) electrons. The zero-order valence-electron chi connectivity index (χ0n) is 21.2. The summed E-state index contributed by atoms with van der Waals surface area (Å²) in [7, 11) is 0. The first-order valence-corrected chi connectivity index (χ1v) is 12.4. The molecule has 1 unspecified atom stereocenters. The second-order valence-corrected chi connectivity index (χ2v) is 9.22. The van der Waals surface area contributed by atoms with Crippen molar-refractivity contribution in [2.24, 2.45) is 0 Å². The van der Waals surface area contributed by atoms with Gasteiger partial charge in [0.15, 0.2) is 0 Å². The minimum Gasteiger partial charge on any atom is -0.341 e. The Labute approximate surface area is 216 Å². The summed E-state index contributed by atoms with van der Waals surface area (Å²) in [6, 6.07) is 21.5. The number of halogens is 1. The van der Waals surface area contributed by atoms with Gasteiger partial charge < -0.3 is 16.0 Å². The van der Waals surface area contributed by atoms with Gasteiger partial charge >= 0.3 is 0 Å². The van der Waals surface area contributed by atoms with Gasteiger partial charge in [0.05, 0.1) is 0 Å². The van der Waals surface area contributed by atoms with Crippen LogP contribution in [0, 0.1) is 18.2 Å². The Morgan fingerprint density at radius 2 is 1.73 bits per heavy atom. The minimum absolute atomic E-state index is 0.246. The Balaban J connectivity index is 1.88. The van der Waals surface area contributed by atoms with Crippen LogP contribution in [0.2, 0.25) is 0 Å². The van der Waals surface area contributed by atoms with Gasteiger partial charge in [-0.15, -0.1) is 0 Å². The molecule has 37 heavy (non-hydrogen) atoms. The highest BCUT2D eigenvalue weighted by Gasteiger charge is 2.44. The van der Waals surface area contributed by atoms with Crippen molar-refractivity contribution in [2.45, 2.75) is 39.2 Å². The lowest BCUT2D eigenvalue weighted by molar-refractivity contribution is -0.132. The molecule has 3 aromatic rings. The highest BCUT2D eigenvalue weighted by Crippen LogP contribution is 2.38. The number of rotatable bonds is 8. The number of carbonyl (C=O) groups excluding carboxylic acids is 2. The molecule has 0 saturated carbocycles. The number of benzene rings is 3. The van der Waals surface area contributed by atoms with Crippen molar-refractivity contribution in [3.05, 3.63) is 113 Å². The molecule has 0 saturated heterocycles. The van der Waals surface area contributed by atoms with E-state index in [0.29, 0.717) is 35.5 Å². The molecule has 0 fully saturated rings. The van der Waals surface area contributed by atoms with Crippen LogP contribution in [-0.2, 0) is 4.79 Å². The van der Waals surface area contributed by atoms with E-state index in [-0.39, 0.29) is 17.5 Å². The second-order valence-electron chi connectivity index (χ2n) is 9.22. The topological polar surface area (TPSA) is 85.3 Å². The Morgan fingerprint density at radius 1 is 1.03 bits per heavy atom. The lowest BCUT2D eigenvalue weighted by Crippen LogP contribution is -2.56. The van der Waals surface area contributed by atoms with Crippen LogP contribution < -0.4 is 10.6 Å². The van der Waals surface area contributed by atoms with Gasteiger partial charge in [0.25, 0.3) is 11.8 Å². The fourth-order valence-corrected chi connectivity index (χ4v) is 4.71. The lowest BCUT2D eigenvalue weighted by atomic mass is 9.79. The van der Waals surface area contributed by atoms with E-state index >= 15 is 0 Å². The summed E-state index contributed by atoms with van der Waals surface area (Å²) >= 11 is 0. The van der Waals surface area contributed by atoms with E-state index in [1.54, 1.807) is 42.2 Å². The molecular weight excluding hydrogens is 467 g/mol. The van der Waals surface area contributed by atoms with E-state index in [1.165, 1.54) is 12.1 Å². The summed E-state index contributed by atoms with van der Waals surface area (Å²) in [5.41, 5.74) is 3.59. The van der Waals surface area contributed by atoms with Gasteiger partial charge in [-0.2, -0.15) is 0 Å². The van der Waals surface area contributed by atoms with Crippen LogP contribution in [0.5, 0.6) is 0 Å². The van der Waals surface area contributed by atoms with Gasteiger partial charge in [0, 0.05) is 35.0 Å². The van der Waals surface area contributed by atoms with Crippen LogP contribution >= 0.6 is 0 Å². The number of aryl methyl sites for hydroxylation is 1. The van der Waals surface area contributed by atoms with Crippen molar-refractivity contribution in [1.29, 1.82) is 5.41 Å². The highest BCUT2D eigenvalue weighted by atomic mass is 19.1. The Hall–Kier alpha value is -4.26. The van der Waals surface area contributed by atoms with E-state index in [2.05, 4.69) is 10.6 Å². The molecule has 190 valence electrons. The predicted molar refractivity (Wildman–Crippen MR) is 144 cm³/mol. The third kappa shape index (κ3) is 5.61. The third-order valence-electron chi connectivity index (χ3n) is 6.39. The zero-order valence-corrected chi connectivity index (χ0v) is 21.2. The number of hydrogen-bond acceptors (Lipinski definition) is 4. The maximum atomic E-state index is 14.1. The van der Waals surface area contributed by atoms with E-state index < -0.39 is 17.8 Å². The standard InChI is InChI=1S/C30H31FN4O2/c1-4-17-35-28(33-24-11-6-5-7-12-24)25(20(3)32)26(21-13-15-23(31)16-14-21)27(30(35)37)34-29(36)22-10-8-9-19(2)18-22/h5-16,18,26-27,32-33H,4,17H2,1-3H3,(H,34,36)/t26-,27?/m0/s1. The first kappa shape index (κ1) is 25.8. The minimum atomic E-state index is -0.985. The van der Waals surface area contributed by atoms with Gasteiger partial charge in [-0.05, 0) is 62.2 Å². The van der Waals surface area contributed by atoms with Gasteiger partial charge in [0.2, 0.25) is 0 Å². The molecule has 1 aliphatic heterocycles. The van der Waals surface area contributed by atoms with Crippen molar-refractivity contribution in [2.75, 3.05) is 11.9 Å². The number of amides is 2. The SMILES string of the molecule is CCCN1C(=O)C(NC(=O)c2cccc(C)c2)[C@@H](c2ccc(F)cc2)C(C(C)=N)=C1Nc1ccccc1. The van der Waals surface area contributed by atoms with E-state index in [0.717, 1.165) is 11.3 Å². The average molecular weight is 499 g/mol. The van der Waals surface area contributed by atoms with Crippen LogP contribution in [-0.4, -0.2) is 35.0 Å². The summed E-state index contributed by atoms with van der Waals surface area (Å²) in [5.74, 6) is -1.27. The number of hydrogen-bond donors (Lipinski definition) is 3. The molecule has 0 aliphatic carbocycles. The summed E-state index contributed by atoms with van der Waals surface area (Å²) in [6.07, 6.45) is 0.676. The van der Waals surface area contributed by atoms with Crippen LogP contribution in [0.25, 0.3) is 0 Å². The molecule has 0 aromatic heterocycles. The Bertz CT molecular complexity index is 1340. The Kier molecular flexibility index (Phi) is 7.82. The zero-order chi connectivity index (χ0) is 26.5. The molecular formula is C30H31FN4O2. The van der Waals surface area contributed by atoms with Gasteiger partial charge in [0.1, 0.15) is 17.7 Å². The molecule has 0 spiro atoms. The average Bonchev–Trinajstić information content (AvgIpc) is 2.88. The fourth-order valence-electron chi connectivity index (χ4n) is 4.71. The van der Waals surface area contributed by atoms with Crippen molar-refractivity contribution in [1.82, 2.24) is 10.2 Å². The molecule has 7 heteroatoms. The Morgan fingerprint density at radius 3 is 2.35 bits per heavy atom. The maximum absolute atomic E-state index is 14.1. The summed E-state index contributed by atoms with van der Waals surface area (Å²) in [4.78, 5) is 29.0. The van der Waals surface area contributed by atoms with Crippen molar-refractivity contribution in [3.8, 4) is 0 Å². The van der Waals surface area contributed by atoms with Crippen LogP contribution in [0.4, 0.5) is 10.1 Å². The molecule has 3 N–H and O–H groups in total. The maximum Gasteiger partial charge on any atom is 0.251 e. The number of anilines is 1. The van der Waals surface area contributed by atoms with Gasteiger partial charge in [-0.3, -0.25) is 14.5 Å². The smallest absolute Gasteiger partial charge is 0.251 e. The molecule has 2 amide bonds. The fraction of sp³-hybridized carbons (Fsp3) is 0.233. The summed E-state index contributed by atoms with van der Waals surface area (Å²) < 4.78 is 13.9. The molecule has 2 atom stereocenters. The lowest BCUT2D eigenvalue weighted by Gasteiger charge is -2.41. The van der Waals surface area contributed by atoms with Gasteiger partial charge in [-0.25, -0.2) is 4.39 Å². The first-order chi connectivity index (χ1) is 17.8. The molecule has 1 heterocycles.